The fourth-order valence-corrected chi connectivity index (χ4v) is 3.35. The molecule has 0 radical (unpaired) electrons. The van der Waals surface area contributed by atoms with Gasteiger partial charge in [-0.1, -0.05) is 18.2 Å². The maximum absolute atomic E-state index is 13.6. The average molecular weight is 354 g/mol. The maximum Gasteiger partial charge on any atom is 0.260 e. The number of rotatable bonds is 4. The molecule has 1 atom stereocenters. The number of nitrogens with zero attached hydrogens (tertiary/aromatic N) is 4. The van der Waals surface area contributed by atoms with Crippen LogP contribution in [0.25, 0.3) is 5.65 Å². The highest BCUT2D eigenvalue weighted by molar-refractivity contribution is 5.78. The Bertz CT molecular complexity index is 927. The molecule has 0 N–H and O–H groups in total. The van der Waals surface area contributed by atoms with Crippen molar-refractivity contribution in [3.8, 4) is 5.75 Å². The molecule has 3 aromatic rings. The maximum atomic E-state index is 13.6. The molecule has 6 nitrogen and oxygen atoms in total. The number of fused-ring (bicyclic) bond motifs is 1. The number of hydrogen-bond donors (Lipinski definition) is 0. The zero-order chi connectivity index (χ0) is 17.9. The number of likely N-dealkylation sites (tertiary alicyclic amines) is 1. The van der Waals surface area contributed by atoms with Crippen LogP contribution in [0.1, 0.15) is 24.6 Å². The van der Waals surface area contributed by atoms with Gasteiger partial charge in [-0.2, -0.15) is 0 Å². The summed E-state index contributed by atoms with van der Waals surface area (Å²) in [5.41, 5.74) is 0.800. The third-order valence-electron chi connectivity index (χ3n) is 4.67. The molecular weight excluding hydrogens is 335 g/mol. The Labute approximate surface area is 150 Å². The third-order valence-corrected chi connectivity index (χ3v) is 4.67. The zero-order valence-corrected chi connectivity index (χ0v) is 14.2. The Kier molecular flexibility index (Phi) is 4.51. The van der Waals surface area contributed by atoms with E-state index in [-0.39, 0.29) is 24.2 Å². The number of aromatic nitrogens is 3. The van der Waals surface area contributed by atoms with Gasteiger partial charge in [-0.25, -0.2) is 4.39 Å². The van der Waals surface area contributed by atoms with E-state index >= 15 is 0 Å². The molecule has 1 aliphatic rings. The zero-order valence-electron chi connectivity index (χ0n) is 14.2. The second-order valence-corrected chi connectivity index (χ2v) is 6.39. The van der Waals surface area contributed by atoms with Crippen LogP contribution < -0.4 is 4.74 Å². The standard InChI is InChI=1S/C19H19FN4O2/c20-15-7-1-2-8-16(15)26-13-18(25)23-10-5-6-14(12-23)19-22-21-17-9-3-4-11-24(17)19/h1-4,7-9,11,14H,5-6,10,12-13H2. The SMILES string of the molecule is O=C(COc1ccccc1F)N1CCCC(c2nnc3ccccn23)C1. The molecule has 1 aromatic carbocycles. The lowest BCUT2D eigenvalue weighted by Crippen LogP contribution is -2.42. The summed E-state index contributed by atoms with van der Waals surface area (Å²) in [4.78, 5) is 14.3. The minimum absolute atomic E-state index is 0.0952. The second-order valence-electron chi connectivity index (χ2n) is 6.39. The van der Waals surface area contributed by atoms with Crippen molar-refractivity contribution >= 4 is 11.6 Å². The fraction of sp³-hybridized carbons (Fsp3) is 0.316. The highest BCUT2D eigenvalue weighted by Crippen LogP contribution is 2.26. The summed E-state index contributed by atoms with van der Waals surface area (Å²) in [5, 5.41) is 8.50. The van der Waals surface area contributed by atoms with Crippen molar-refractivity contribution in [3.63, 3.8) is 0 Å². The fourth-order valence-electron chi connectivity index (χ4n) is 3.35. The number of piperidine rings is 1. The first-order valence-corrected chi connectivity index (χ1v) is 8.67. The van der Waals surface area contributed by atoms with Gasteiger partial charge < -0.3 is 9.64 Å². The summed E-state index contributed by atoms with van der Waals surface area (Å²) >= 11 is 0. The first kappa shape index (κ1) is 16.5. The van der Waals surface area contributed by atoms with Crippen LogP contribution in [0.5, 0.6) is 5.75 Å². The normalized spacial score (nSPS) is 17.4. The van der Waals surface area contributed by atoms with E-state index in [4.69, 9.17) is 4.74 Å². The highest BCUT2D eigenvalue weighted by Gasteiger charge is 2.28. The molecule has 2 aromatic heterocycles. The van der Waals surface area contributed by atoms with Crippen LogP contribution in [0.15, 0.2) is 48.7 Å². The third kappa shape index (κ3) is 3.24. The molecule has 4 rings (SSSR count). The van der Waals surface area contributed by atoms with Crippen molar-refractivity contribution in [2.45, 2.75) is 18.8 Å². The molecule has 1 fully saturated rings. The van der Waals surface area contributed by atoms with Crippen LogP contribution in [-0.4, -0.2) is 45.1 Å². The van der Waals surface area contributed by atoms with Gasteiger partial charge in [-0.05, 0) is 37.1 Å². The topological polar surface area (TPSA) is 59.7 Å². The number of carbonyl (C=O) groups excluding carboxylic acids is 1. The first-order chi connectivity index (χ1) is 12.7. The van der Waals surface area contributed by atoms with Gasteiger partial charge in [0, 0.05) is 25.2 Å². The molecule has 26 heavy (non-hydrogen) atoms. The van der Waals surface area contributed by atoms with E-state index in [2.05, 4.69) is 10.2 Å². The van der Waals surface area contributed by atoms with Gasteiger partial charge in [0.1, 0.15) is 5.82 Å². The Morgan fingerprint density at radius 2 is 2.04 bits per heavy atom. The molecule has 1 unspecified atom stereocenters. The molecular formula is C19H19FN4O2. The van der Waals surface area contributed by atoms with E-state index < -0.39 is 5.82 Å². The van der Waals surface area contributed by atoms with Crippen molar-refractivity contribution in [1.29, 1.82) is 0 Å². The van der Waals surface area contributed by atoms with Gasteiger partial charge in [0.25, 0.3) is 5.91 Å². The second kappa shape index (κ2) is 7.11. The lowest BCUT2D eigenvalue weighted by atomic mass is 9.97. The van der Waals surface area contributed by atoms with Crippen LogP contribution in [0.4, 0.5) is 4.39 Å². The predicted octanol–water partition coefficient (Wildman–Crippen LogP) is 2.65. The molecule has 0 saturated carbocycles. The Hall–Kier alpha value is -2.96. The minimum atomic E-state index is -0.466. The summed E-state index contributed by atoms with van der Waals surface area (Å²) in [7, 11) is 0. The van der Waals surface area contributed by atoms with Crippen LogP contribution in [0.2, 0.25) is 0 Å². The van der Waals surface area contributed by atoms with Gasteiger partial charge >= 0.3 is 0 Å². The average Bonchev–Trinajstić information content (AvgIpc) is 3.11. The molecule has 3 heterocycles. The van der Waals surface area contributed by atoms with Crippen LogP contribution >= 0.6 is 0 Å². The van der Waals surface area contributed by atoms with Crippen molar-refractivity contribution in [2.24, 2.45) is 0 Å². The number of para-hydroxylation sites is 1. The van der Waals surface area contributed by atoms with Crippen molar-refractivity contribution < 1.29 is 13.9 Å². The molecule has 0 spiro atoms. The van der Waals surface area contributed by atoms with Gasteiger partial charge in [-0.15, -0.1) is 10.2 Å². The van der Waals surface area contributed by atoms with E-state index in [1.165, 1.54) is 12.1 Å². The van der Waals surface area contributed by atoms with E-state index in [0.29, 0.717) is 13.1 Å². The van der Waals surface area contributed by atoms with Crippen LogP contribution in [-0.2, 0) is 4.79 Å². The molecule has 134 valence electrons. The number of carbonyl (C=O) groups is 1. The number of amides is 1. The summed E-state index contributed by atoms with van der Waals surface area (Å²) in [6.45, 7) is 1.07. The minimum Gasteiger partial charge on any atom is -0.481 e. The molecule has 1 amide bonds. The summed E-state index contributed by atoms with van der Waals surface area (Å²) in [6.07, 6.45) is 3.78. The van der Waals surface area contributed by atoms with Gasteiger partial charge in [0.05, 0.1) is 0 Å². The number of pyridine rings is 1. The predicted molar refractivity (Wildman–Crippen MR) is 93.4 cm³/mol. The number of halogens is 1. The van der Waals surface area contributed by atoms with E-state index in [1.807, 2.05) is 28.8 Å². The summed E-state index contributed by atoms with van der Waals surface area (Å²) < 4.78 is 20.9. The molecule has 7 heteroatoms. The molecule has 1 aliphatic heterocycles. The van der Waals surface area contributed by atoms with E-state index in [1.54, 1.807) is 17.0 Å². The van der Waals surface area contributed by atoms with Gasteiger partial charge in [0.2, 0.25) is 0 Å². The van der Waals surface area contributed by atoms with Crippen molar-refractivity contribution in [3.05, 3.63) is 60.3 Å². The number of hydrogen-bond acceptors (Lipinski definition) is 4. The number of ether oxygens (including phenoxy) is 1. The summed E-state index contributed by atoms with van der Waals surface area (Å²) in [5.74, 6) is 0.475. The first-order valence-electron chi connectivity index (χ1n) is 8.67. The molecule has 0 bridgehead atoms. The molecule has 1 saturated heterocycles. The van der Waals surface area contributed by atoms with Gasteiger partial charge in [0.15, 0.2) is 23.8 Å². The van der Waals surface area contributed by atoms with Crippen molar-refractivity contribution in [2.75, 3.05) is 19.7 Å². The summed E-state index contributed by atoms with van der Waals surface area (Å²) in [6, 6.07) is 11.9. The lowest BCUT2D eigenvalue weighted by Gasteiger charge is -2.31. The Morgan fingerprint density at radius 1 is 1.19 bits per heavy atom. The Morgan fingerprint density at radius 3 is 2.92 bits per heavy atom. The Balaban J connectivity index is 1.43. The van der Waals surface area contributed by atoms with Crippen molar-refractivity contribution in [1.82, 2.24) is 19.5 Å². The van der Waals surface area contributed by atoms with Crippen LogP contribution in [0.3, 0.4) is 0 Å². The lowest BCUT2D eigenvalue weighted by molar-refractivity contribution is -0.134. The quantitative estimate of drug-likeness (QED) is 0.723. The van der Waals surface area contributed by atoms with E-state index in [9.17, 15) is 9.18 Å². The smallest absolute Gasteiger partial charge is 0.260 e. The number of benzene rings is 1. The van der Waals surface area contributed by atoms with Crippen LogP contribution in [0, 0.1) is 5.82 Å². The van der Waals surface area contributed by atoms with Gasteiger partial charge in [-0.3, -0.25) is 9.20 Å². The largest absolute Gasteiger partial charge is 0.481 e. The van der Waals surface area contributed by atoms with E-state index in [0.717, 1.165) is 24.3 Å². The molecule has 0 aliphatic carbocycles. The monoisotopic (exact) mass is 354 g/mol. The highest BCUT2D eigenvalue weighted by atomic mass is 19.1.